The van der Waals surface area contributed by atoms with Gasteiger partial charge < -0.3 is 4.90 Å². The van der Waals surface area contributed by atoms with Gasteiger partial charge in [-0.15, -0.1) is 0 Å². The van der Waals surface area contributed by atoms with E-state index in [2.05, 4.69) is 19.8 Å². The van der Waals surface area contributed by atoms with E-state index in [1.807, 2.05) is 30.3 Å². The Morgan fingerprint density at radius 1 is 1.04 bits per heavy atom. The first-order chi connectivity index (χ1) is 13.1. The molecular weight excluding hydrogens is 366 g/mol. The lowest BCUT2D eigenvalue weighted by Gasteiger charge is -2.35. The van der Waals surface area contributed by atoms with E-state index >= 15 is 0 Å². The highest BCUT2D eigenvalue weighted by Crippen LogP contribution is 2.30. The Morgan fingerprint density at radius 2 is 1.78 bits per heavy atom. The first kappa shape index (κ1) is 17.6. The largest absolute Gasteiger partial charge is 0.353 e. The molecule has 0 saturated carbocycles. The minimum Gasteiger partial charge on any atom is -0.353 e. The van der Waals surface area contributed by atoms with Crippen LogP contribution in [0, 0.1) is 10.1 Å². The maximum atomic E-state index is 10.8. The molecule has 0 radical (unpaired) electrons. The van der Waals surface area contributed by atoms with Gasteiger partial charge in [0.2, 0.25) is 0 Å². The summed E-state index contributed by atoms with van der Waals surface area (Å²) in [5, 5.41) is 12.3. The molecule has 0 bridgehead atoms. The highest BCUT2D eigenvalue weighted by Gasteiger charge is 2.21. The van der Waals surface area contributed by atoms with Gasteiger partial charge >= 0.3 is 0 Å². The highest BCUT2D eigenvalue weighted by molar-refractivity contribution is 6.36. The van der Waals surface area contributed by atoms with E-state index in [1.54, 1.807) is 18.5 Å². The number of anilines is 1. The normalized spacial score (nSPS) is 15.2. The number of hydrogen-bond donors (Lipinski definition) is 0. The third kappa shape index (κ3) is 3.70. The third-order valence-corrected chi connectivity index (χ3v) is 5.13. The molecule has 0 aliphatic carbocycles. The van der Waals surface area contributed by atoms with Gasteiger partial charge in [-0.2, -0.15) is 0 Å². The zero-order chi connectivity index (χ0) is 18.8. The van der Waals surface area contributed by atoms with Crippen LogP contribution in [-0.4, -0.2) is 46.0 Å². The van der Waals surface area contributed by atoms with Crippen LogP contribution in [0.15, 0.2) is 48.8 Å². The number of non-ortho nitro benzene ring substituents is 1. The Morgan fingerprint density at radius 3 is 2.48 bits per heavy atom. The second kappa shape index (κ2) is 7.46. The lowest BCUT2D eigenvalue weighted by molar-refractivity contribution is -0.384. The summed E-state index contributed by atoms with van der Waals surface area (Å²) in [4.78, 5) is 23.7. The number of hydrogen-bond acceptors (Lipinski definition) is 6. The number of aromatic nitrogens is 2. The Balaban J connectivity index is 1.44. The number of halogens is 1. The van der Waals surface area contributed by atoms with Crippen LogP contribution in [0.5, 0.6) is 0 Å². The molecule has 7 nitrogen and oxygen atoms in total. The van der Waals surface area contributed by atoms with Gasteiger partial charge in [0.15, 0.2) is 0 Å². The molecule has 8 heteroatoms. The van der Waals surface area contributed by atoms with Crippen molar-refractivity contribution in [3.05, 3.63) is 69.5 Å². The van der Waals surface area contributed by atoms with Gasteiger partial charge in [-0.1, -0.05) is 29.8 Å². The molecule has 4 rings (SSSR count). The summed E-state index contributed by atoms with van der Waals surface area (Å²) in [5.41, 5.74) is 2.04. The Hall–Kier alpha value is -2.77. The van der Waals surface area contributed by atoms with Gasteiger partial charge in [-0.05, 0) is 17.7 Å². The van der Waals surface area contributed by atoms with Gasteiger partial charge in [-0.25, -0.2) is 9.97 Å². The van der Waals surface area contributed by atoms with E-state index in [0.29, 0.717) is 5.02 Å². The van der Waals surface area contributed by atoms with E-state index in [0.717, 1.165) is 55.0 Å². The number of rotatable bonds is 4. The first-order valence-corrected chi connectivity index (χ1v) is 9.09. The number of piperazine rings is 1. The van der Waals surface area contributed by atoms with Crippen molar-refractivity contribution in [2.24, 2.45) is 0 Å². The molecule has 138 valence electrons. The maximum absolute atomic E-state index is 10.8. The Bertz CT molecular complexity index is 966. The van der Waals surface area contributed by atoms with Crippen molar-refractivity contribution >= 4 is 34.0 Å². The number of benzene rings is 2. The van der Waals surface area contributed by atoms with Crippen LogP contribution in [0.2, 0.25) is 5.02 Å². The summed E-state index contributed by atoms with van der Waals surface area (Å²) in [6.07, 6.45) is 1.58. The SMILES string of the molecule is O=[N+]([O-])c1ccc(CN2CCN(c3ncnc4cccc(Cl)c34)CC2)cc1. The topological polar surface area (TPSA) is 75.4 Å². The summed E-state index contributed by atoms with van der Waals surface area (Å²) >= 11 is 6.39. The lowest BCUT2D eigenvalue weighted by Crippen LogP contribution is -2.46. The van der Waals surface area contributed by atoms with Crippen molar-refractivity contribution in [1.82, 2.24) is 14.9 Å². The van der Waals surface area contributed by atoms with Crippen LogP contribution >= 0.6 is 11.6 Å². The van der Waals surface area contributed by atoms with Crippen molar-refractivity contribution in [2.45, 2.75) is 6.54 Å². The molecule has 3 aromatic rings. The average Bonchev–Trinajstić information content (AvgIpc) is 2.69. The van der Waals surface area contributed by atoms with Crippen molar-refractivity contribution in [1.29, 1.82) is 0 Å². The summed E-state index contributed by atoms with van der Waals surface area (Å²) in [6, 6.07) is 12.5. The van der Waals surface area contributed by atoms with Gasteiger partial charge in [0, 0.05) is 44.9 Å². The molecule has 1 aliphatic rings. The highest BCUT2D eigenvalue weighted by atomic mass is 35.5. The van der Waals surface area contributed by atoms with Gasteiger partial charge in [-0.3, -0.25) is 15.0 Å². The average molecular weight is 384 g/mol. The van der Waals surface area contributed by atoms with Gasteiger partial charge in [0.1, 0.15) is 12.1 Å². The van der Waals surface area contributed by atoms with E-state index in [4.69, 9.17) is 11.6 Å². The fourth-order valence-electron chi connectivity index (χ4n) is 3.39. The molecule has 0 N–H and O–H groups in total. The molecule has 1 saturated heterocycles. The Kier molecular flexibility index (Phi) is 4.87. The molecule has 0 unspecified atom stereocenters. The minimum absolute atomic E-state index is 0.121. The quantitative estimate of drug-likeness (QED) is 0.507. The minimum atomic E-state index is -0.375. The van der Waals surface area contributed by atoms with Crippen LogP contribution < -0.4 is 4.90 Å². The molecule has 1 aromatic heterocycles. The molecule has 0 spiro atoms. The second-order valence-electron chi connectivity index (χ2n) is 6.52. The lowest BCUT2D eigenvalue weighted by atomic mass is 10.1. The van der Waals surface area contributed by atoms with E-state index in [9.17, 15) is 10.1 Å². The molecule has 27 heavy (non-hydrogen) atoms. The zero-order valence-electron chi connectivity index (χ0n) is 14.6. The van der Waals surface area contributed by atoms with Crippen LogP contribution in [-0.2, 0) is 6.54 Å². The summed E-state index contributed by atoms with van der Waals surface area (Å²) in [7, 11) is 0. The number of nitro groups is 1. The zero-order valence-corrected chi connectivity index (χ0v) is 15.3. The molecular formula is C19H18ClN5O2. The smallest absolute Gasteiger partial charge is 0.269 e. The predicted octanol–water partition coefficient (Wildman–Crippen LogP) is 3.51. The molecule has 1 fully saturated rings. The molecule has 0 atom stereocenters. The summed E-state index contributed by atoms with van der Waals surface area (Å²) in [5.74, 6) is 0.876. The van der Waals surface area contributed by atoms with Crippen LogP contribution in [0.25, 0.3) is 10.9 Å². The van der Waals surface area contributed by atoms with Crippen molar-refractivity contribution in [3.8, 4) is 0 Å². The fraction of sp³-hybridized carbons (Fsp3) is 0.263. The number of nitrogens with zero attached hydrogens (tertiary/aromatic N) is 5. The van der Waals surface area contributed by atoms with Crippen molar-refractivity contribution in [2.75, 3.05) is 31.1 Å². The van der Waals surface area contributed by atoms with Gasteiger partial charge in [0.25, 0.3) is 5.69 Å². The molecule has 1 aliphatic heterocycles. The van der Waals surface area contributed by atoms with Gasteiger partial charge in [0.05, 0.1) is 20.8 Å². The predicted molar refractivity (Wildman–Crippen MR) is 105 cm³/mol. The summed E-state index contributed by atoms with van der Waals surface area (Å²) < 4.78 is 0. The van der Waals surface area contributed by atoms with Crippen LogP contribution in [0.4, 0.5) is 11.5 Å². The van der Waals surface area contributed by atoms with Crippen molar-refractivity contribution < 1.29 is 4.92 Å². The third-order valence-electron chi connectivity index (χ3n) is 4.82. The fourth-order valence-corrected chi connectivity index (χ4v) is 3.64. The Labute approximate surface area is 161 Å². The standard InChI is InChI=1S/C19H18ClN5O2/c20-16-2-1-3-17-18(16)19(22-13-21-17)24-10-8-23(9-11-24)12-14-4-6-15(7-5-14)25(26)27/h1-7,13H,8-12H2. The second-order valence-corrected chi connectivity index (χ2v) is 6.93. The molecule has 2 aromatic carbocycles. The number of nitro benzene ring substituents is 1. The first-order valence-electron chi connectivity index (χ1n) is 8.72. The monoisotopic (exact) mass is 383 g/mol. The molecule has 0 amide bonds. The van der Waals surface area contributed by atoms with E-state index in [-0.39, 0.29) is 10.6 Å². The van der Waals surface area contributed by atoms with E-state index in [1.165, 1.54) is 0 Å². The number of fused-ring (bicyclic) bond motifs is 1. The summed E-state index contributed by atoms with van der Waals surface area (Å²) in [6.45, 7) is 4.21. The van der Waals surface area contributed by atoms with E-state index < -0.39 is 0 Å². The van der Waals surface area contributed by atoms with Crippen LogP contribution in [0.3, 0.4) is 0 Å². The van der Waals surface area contributed by atoms with Crippen LogP contribution in [0.1, 0.15) is 5.56 Å². The molecule has 2 heterocycles. The van der Waals surface area contributed by atoms with Crippen molar-refractivity contribution in [3.63, 3.8) is 0 Å². The maximum Gasteiger partial charge on any atom is 0.269 e.